The van der Waals surface area contributed by atoms with Crippen molar-refractivity contribution in [2.24, 2.45) is 0 Å². The fraction of sp³-hybridized carbons (Fsp3) is 0.379. The van der Waals surface area contributed by atoms with E-state index in [1.807, 2.05) is 41.5 Å². The summed E-state index contributed by atoms with van der Waals surface area (Å²) in [6.45, 7) is 12.4. The lowest BCUT2D eigenvalue weighted by Gasteiger charge is -2.30. The topological polar surface area (TPSA) is 88.0 Å². The van der Waals surface area contributed by atoms with Crippen molar-refractivity contribution in [3.05, 3.63) is 87.6 Å². The number of anilines is 1. The molecule has 0 spiro atoms. The Hall–Kier alpha value is -3.31. The minimum atomic E-state index is -4.70. The fourth-order valence-corrected chi connectivity index (χ4v) is 4.59. The molecule has 0 radical (unpaired) electrons. The van der Waals surface area contributed by atoms with Crippen LogP contribution in [0.5, 0.6) is 11.5 Å². The number of carbonyl (C=O) groups is 1. The summed E-state index contributed by atoms with van der Waals surface area (Å²) in [5.41, 5.74) is -2.53. The number of hydrogen-bond donors (Lipinski definition) is 1. The first-order chi connectivity index (χ1) is 19.3. The summed E-state index contributed by atoms with van der Waals surface area (Å²) >= 11 is 0. The van der Waals surface area contributed by atoms with Gasteiger partial charge in [0.25, 0.3) is 11.5 Å². The SMILES string of the molecule is Cc1cc(F)ccc1Oc1cc(C(F)(F)F)ccc1C(=O)Nc1ccn(COP(OC(C)(C)C)OC(C)(C)C)c(=O)c1. The molecule has 0 unspecified atom stereocenters. The zero-order valence-corrected chi connectivity index (χ0v) is 25.2. The van der Waals surface area contributed by atoms with Gasteiger partial charge >= 0.3 is 14.8 Å². The first-order valence-electron chi connectivity index (χ1n) is 12.8. The Balaban J connectivity index is 1.81. The van der Waals surface area contributed by atoms with Gasteiger partial charge in [-0.25, -0.2) is 4.39 Å². The number of aromatic nitrogens is 1. The van der Waals surface area contributed by atoms with Gasteiger partial charge in [0.1, 0.15) is 24.0 Å². The molecule has 0 fully saturated rings. The first kappa shape index (κ1) is 33.2. The number of alkyl halides is 3. The summed E-state index contributed by atoms with van der Waals surface area (Å²) < 4.78 is 78.0. The highest BCUT2D eigenvalue weighted by atomic mass is 31.2. The summed E-state index contributed by atoms with van der Waals surface area (Å²) in [4.78, 5) is 25.9. The van der Waals surface area contributed by atoms with E-state index in [4.69, 9.17) is 18.3 Å². The number of amides is 1. The number of hydrogen-bond acceptors (Lipinski definition) is 6. The van der Waals surface area contributed by atoms with Gasteiger partial charge < -0.3 is 19.1 Å². The van der Waals surface area contributed by atoms with Gasteiger partial charge in [0.2, 0.25) is 0 Å². The molecule has 1 amide bonds. The highest BCUT2D eigenvalue weighted by Crippen LogP contribution is 2.47. The molecular formula is C29H33F4N2O6P. The van der Waals surface area contributed by atoms with Crippen LogP contribution >= 0.6 is 8.60 Å². The van der Waals surface area contributed by atoms with Crippen LogP contribution in [-0.2, 0) is 26.5 Å². The molecule has 8 nitrogen and oxygen atoms in total. The average molecular weight is 613 g/mol. The van der Waals surface area contributed by atoms with Crippen molar-refractivity contribution < 1.29 is 40.7 Å². The van der Waals surface area contributed by atoms with Crippen molar-refractivity contribution in [2.75, 3.05) is 5.32 Å². The average Bonchev–Trinajstić information content (AvgIpc) is 2.82. The second kappa shape index (κ2) is 12.9. The van der Waals surface area contributed by atoms with Crippen molar-refractivity contribution in [1.82, 2.24) is 4.57 Å². The van der Waals surface area contributed by atoms with Crippen molar-refractivity contribution in [2.45, 2.75) is 72.6 Å². The molecule has 0 bridgehead atoms. The monoisotopic (exact) mass is 612 g/mol. The number of carbonyl (C=O) groups excluding carboxylic acids is 1. The predicted octanol–water partition coefficient (Wildman–Crippen LogP) is 8.19. The molecule has 0 aliphatic heterocycles. The van der Waals surface area contributed by atoms with E-state index in [1.165, 1.54) is 29.8 Å². The van der Waals surface area contributed by atoms with E-state index < -0.39 is 54.6 Å². The van der Waals surface area contributed by atoms with Crippen LogP contribution in [-0.4, -0.2) is 21.7 Å². The van der Waals surface area contributed by atoms with E-state index in [1.54, 1.807) is 0 Å². The summed E-state index contributed by atoms with van der Waals surface area (Å²) in [6.07, 6.45) is -3.32. The van der Waals surface area contributed by atoms with Gasteiger partial charge in [-0.1, -0.05) is 0 Å². The Morgan fingerprint density at radius 3 is 2.10 bits per heavy atom. The molecule has 3 rings (SSSR count). The number of ether oxygens (including phenoxy) is 1. The third kappa shape index (κ3) is 9.90. The van der Waals surface area contributed by atoms with Crippen LogP contribution in [0.1, 0.15) is 63.0 Å². The molecule has 0 atom stereocenters. The molecule has 228 valence electrons. The number of nitrogens with zero attached hydrogens (tertiary/aromatic N) is 1. The Morgan fingerprint density at radius 2 is 1.55 bits per heavy atom. The van der Waals surface area contributed by atoms with Gasteiger partial charge in [-0.15, -0.1) is 0 Å². The van der Waals surface area contributed by atoms with Gasteiger partial charge in [-0.3, -0.25) is 18.7 Å². The third-order valence-corrected chi connectivity index (χ3v) is 6.88. The van der Waals surface area contributed by atoms with Crippen molar-refractivity contribution in [1.29, 1.82) is 0 Å². The molecule has 0 saturated heterocycles. The maximum atomic E-state index is 13.5. The number of aryl methyl sites for hydroxylation is 1. The molecular weight excluding hydrogens is 579 g/mol. The maximum Gasteiger partial charge on any atom is 0.416 e. The van der Waals surface area contributed by atoms with Gasteiger partial charge in [-0.05, 0) is 96.5 Å². The van der Waals surface area contributed by atoms with Crippen LogP contribution < -0.4 is 15.6 Å². The molecule has 2 aromatic carbocycles. The normalized spacial score (nSPS) is 12.5. The standard InChI is InChI=1S/C29H33F4N2O6P/c1-18-14-20(30)9-11-23(18)39-24-15-19(29(31,32)33)8-10-22(24)26(37)34-21-12-13-35(25(36)16-21)17-38-42(40-27(2,3)4)41-28(5,6)7/h8-16H,17H2,1-7H3,(H,34,37). The van der Waals surface area contributed by atoms with Crippen LogP contribution in [0, 0.1) is 12.7 Å². The van der Waals surface area contributed by atoms with Gasteiger partial charge in [0.05, 0.1) is 22.3 Å². The van der Waals surface area contributed by atoms with Crippen molar-refractivity contribution >= 4 is 20.2 Å². The molecule has 13 heteroatoms. The van der Waals surface area contributed by atoms with Crippen LogP contribution in [0.2, 0.25) is 0 Å². The first-order valence-corrected chi connectivity index (χ1v) is 13.9. The zero-order valence-electron chi connectivity index (χ0n) is 24.3. The van der Waals surface area contributed by atoms with Crippen LogP contribution in [0.4, 0.5) is 23.2 Å². The quantitative estimate of drug-likeness (QED) is 0.194. The molecule has 3 aromatic rings. The summed E-state index contributed by atoms with van der Waals surface area (Å²) in [7, 11) is -1.81. The van der Waals surface area contributed by atoms with Gasteiger partial charge in [-0.2, -0.15) is 13.2 Å². The fourth-order valence-electron chi connectivity index (χ4n) is 3.33. The van der Waals surface area contributed by atoms with Crippen molar-refractivity contribution in [3.8, 4) is 11.5 Å². The second-order valence-electron chi connectivity index (χ2n) is 11.3. The van der Waals surface area contributed by atoms with E-state index in [2.05, 4.69) is 5.32 Å². The molecule has 1 aromatic heterocycles. The third-order valence-electron chi connectivity index (χ3n) is 5.16. The van der Waals surface area contributed by atoms with Gasteiger partial charge in [0.15, 0.2) is 0 Å². The molecule has 42 heavy (non-hydrogen) atoms. The summed E-state index contributed by atoms with van der Waals surface area (Å²) in [5, 5.41) is 2.50. The van der Waals surface area contributed by atoms with E-state index in [-0.39, 0.29) is 23.7 Å². The number of benzene rings is 2. The van der Waals surface area contributed by atoms with E-state index in [9.17, 15) is 27.2 Å². The number of nitrogens with one attached hydrogen (secondary N) is 1. The molecule has 1 heterocycles. The van der Waals surface area contributed by atoms with E-state index >= 15 is 0 Å². The zero-order chi connectivity index (χ0) is 31.5. The highest BCUT2D eigenvalue weighted by Gasteiger charge is 2.32. The van der Waals surface area contributed by atoms with E-state index in [0.29, 0.717) is 11.6 Å². The van der Waals surface area contributed by atoms with E-state index in [0.717, 1.165) is 30.3 Å². The Kier molecular flexibility index (Phi) is 10.2. The Morgan fingerprint density at radius 1 is 0.905 bits per heavy atom. The molecule has 0 aliphatic carbocycles. The van der Waals surface area contributed by atoms with Crippen LogP contribution in [0.3, 0.4) is 0 Å². The number of rotatable bonds is 9. The number of halogens is 4. The smallest absolute Gasteiger partial charge is 0.416 e. The maximum absolute atomic E-state index is 13.5. The summed E-state index contributed by atoms with van der Waals surface area (Å²) in [6, 6.07) is 8.43. The lowest BCUT2D eigenvalue weighted by Crippen LogP contribution is -2.25. The Bertz CT molecular complexity index is 1460. The largest absolute Gasteiger partial charge is 0.456 e. The number of pyridine rings is 1. The predicted molar refractivity (Wildman–Crippen MR) is 151 cm³/mol. The molecule has 0 aliphatic rings. The lowest BCUT2D eigenvalue weighted by atomic mass is 10.1. The highest BCUT2D eigenvalue weighted by molar-refractivity contribution is 7.41. The molecule has 1 N–H and O–H groups in total. The minimum absolute atomic E-state index is 0.0678. The minimum Gasteiger partial charge on any atom is -0.456 e. The Labute approximate surface area is 242 Å². The lowest BCUT2D eigenvalue weighted by molar-refractivity contribution is -0.137. The van der Waals surface area contributed by atoms with Gasteiger partial charge in [0, 0.05) is 18.0 Å². The summed E-state index contributed by atoms with van der Waals surface area (Å²) in [5.74, 6) is -1.71. The second-order valence-corrected chi connectivity index (χ2v) is 12.4. The van der Waals surface area contributed by atoms with Crippen molar-refractivity contribution in [3.63, 3.8) is 0 Å². The molecule has 0 saturated carbocycles. The van der Waals surface area contributed by atoms with Crippen LogP contribution in [0.25, 0.3) is 0 Å². The van der Waals surface area contributed by atoms with Crippen LogP contribution in [0.15, 0.2) is 59.5 Å².